The zero-order valence-electron chi connectivity index (χ0n) is 14.0. The van der Waals surface area contributed by atoms with E-state index in [2.05, 4.69) is 36.3 Å². The molecule has 2 unspecified atom stereocenters. The van der Waals surface area contributed by atoms with E-state index in [4.69, 9.17) is 4.74 Å². The highest BCUT2D eigenvalue weighted by molar-refractivity contribution is 5.81. The maximum Gasteiger partial charge on any atom is 0.326 e. The van der Waals surface area contributed by atoms with Gasteiger partial charge in [0.15, 0.2) is 0 Å². The summed E-state index contributed by atoms with van der Waals surface area (Å²) in [7, 11) is 7.91. The highest BCUT2D eigenvalue weighted by atomic mass is 16.5. The van der Waals surface area contributed by atoms with Gasteiger partial charge in [-0.05, 0) is 72.8 Å². The van der Waals surface area contributed by atoms with Gasteiger partial charge in [-0.2, -0.15) is 0 Å². The first-order valence-corrected chi connectivity index (χ1v) is 8.18. The smallest absolute Gasteiger partial charge is 0.326 e. The molecular weight excluding hydrogens is 266 g/mol. The van der Waals surface area contributed by atoms with E-state index in [0.717, 1.165) is 32.4 Å². The number of nitrogens with one attached hydrogen (secondary N) is 1. The van der Waals surface area contributed by atoms with Crippen molar-refractivity contribution < 1.29 is 9.53 Å². The summed E-state index contributed by atoms with van der Waals surface area (Å²) in [5, 5.41) is 3.57. The summed E-state index contributed by atoms with van der Waals surface area (Å²) in [4.78, 5) is 16.9. The van der Waals surface area contributed by atoms with E-state index < -0.39 is 5.54 Å². The summed E-state index contributed by atoms with van der Waals surface area (Å²) in [6, 6.07) is 1.01. The molecule has 0 spiro atoms. The summed E-state index contributed by atoms with van der Waals surface area (Å²) in [5.74, 6) is -0.0707. The summed E-state index contributed by atoms with van der Waals surface area (Å²) in [6.07, 6.45) is 6.42. The number of nitrogens with zero attached hydrogens (tertiary/aromatic N) is 2. The zero-order chi connectivity index (χ0) is 15.5. The quantitative estimate of drug-likeness (QED) is 0.679. The van der Waals surface area contributed by atoms with Gasteiger partial charge in [0.25, 0.3) is 0 Å². The van der Waals surface area contributed by atoms with Crippen LogP contribution in [0.2, 0.25) is 0 Å². The molecule has 2 aliphatic rings. The van der Waals surface area contributed by atoms with Crippen LogP contribution < -0.4 is 5.32 Å². The van der Waals surface area contributed by atoms with Gasteiger partial charge in [-0.15, -0.1) is 0 Å². The molecule has 0 radical (unpaired) electrons. The Morgan fingerprint density at radius 2 is 1.95 bits per heavy atom. The second kappa shape index (κ2) is 7.07. The second-order valence-corrected chi connectivity index (χ2v) is 7.03. The van der Waals surface area contributed by atoms with Gasteiger partial charge >= 0.3 is 5.97 Å². The first kappa shape index (κ1) is 16.7. The monoisotopic (exact) mass is 297 g/mol. The molecule has 0 aromatic carbocycles. The number of ether oxygens (including phenoxy) is 1. The minimum Gasteiger partial charge on any atom is -0.468 e. The van der Waals surface area contributed by atoms with Gasteiger partial charge < -0.3 is 14.5 Å². The number of carbonyl (C=O) groups excluding carboxylic acids is 1. The largest absolute Gasteiger partial charge is 0.468 e. The molecule has 0 aliphatic heterocycles. The van der Waals surface area contributed by atoms with Crippen molar-refractivity contribution in [2.24, 2.45) is 0 Å². The average molecular weight is 297 g/mol. The van der Waals surface area contributed by atoms with Crippen molar-refractivity contribution in [3.8, 4) is 0 Å². The lowest BCUT2D eigenvalue weighted by Crippen LogP contribution is -2.52. The van der Waals surface area contributed by atoms with Crippen molar-refractivity contribution in [2.45, 2.75) is 56.1 Å². The van der Waals surface area contributed by atoms with Gasteiger partial charge in [0.2, 0.25) is 0 Å². The molecule has 0 amide bonds. The fraction of sp³-hybridized carbons (Fsp3) is 0.938. The summed E-state index contributed by atoms with van der Waals surface area (Å²) in [6.45, 7) is 2.20. The normalized spacial score (nSPS) is 29.3. The SMILES string of the molecule is COC(=O)C1(NC2CC2)CCC(N(C)CCCN(C)C)C1. The van der Waals surface area contributed by atoms with Gasteiger partial charge in [-0.3, -0.25) is 10.1 Å². The van der Waals surface area contributed by atoms with E-state index in [0.29, 0.717) is 12.1 Å². The number of hydrogen-bond acceptors (Lipinski definition) is 5. The highest BCUT2D eigenvalue weighted by Crippen LogP contribution is 2.37. The number of methoxy groups -OCH3 is 1. The molecule has 5 nitrogen and oxygen atoms in total. The van der Waals surface area contributed by atoms with E-state index in [1.807, 2.05) is 0 Å². The molecule has 0 aromatic heterocycles. The maximum atomic E-state index is 12.3. The first-order chi connectivity index (χ1) is 9.97. The Balaban J connectivity index is 1.87. The first-order valence-electron chi connectivity index (χ1n) is 8.18. The number of hydrogen-bond donors (Lipinski definition) is 1. The van der Waals surface area contributed by atoms with Crippen LogP contribution in [0.15, 0.2) is 0 Å². The summed E-state index contributed by atoms with van der Waals surface area (Å²) in [5.41, 5.74) is -0.434. The Hall–Kier alpha value is -0.650. The van der Waals surface area contributed by atoms with Gasteiger partial charge in [0.05, 0.1) is 7.11 Å². The van der Waals surface area contributed by atoms with Crippen LogP contribution in [0.5, 0.6) is 0 Å². The Morgan fingerprint density at radius 3 is 2.52 bits per heavy atom. The molecular formula is C16H31N3O2. The number of rotatable bonds is 8. The zero-order valence-corrected chi connectivity index (χ0v) is 14.0. The van der Waals surface area contributed by atoms with Crippen LogP contribution in [0, 0.1) is 0 Å². The number of esters is 1. The van der Waals surface area contributed by atoms with Crippen molar-refractivity contribution in [1.29, 1.82) is 0 Å². The molecule has 0 aromatic rings. The third kappa shape index (κ3) is 4.41. The molecule has 122 valence electrons. The molecule has 0 heterocycles. The standard InChI is InChI=1S/C16H31N3O2/c1-18(2)10-5-11-19(3)14-8-9-16(12-14,15(20)21-4)17-13-6-7-13/h13-14,17H,5-12H2,1-4H3. The van der Waals surface area contributed by atoms with Crippen molar-refractivity contribution >= 4 is 5.97 Å². The molecule has 2 fully saturated rings. The lowest BCUT2D eigenvalue weighted by molar-refractivity contribution is -0.148. The molecule has 2 atom stereocenters. The van der Waals surface area contributed by atoms with Crippen LogP contribution in [0.3, 0.4) is 0 Å². The summed E-state index contributed by atoms with van der Waals surface area (Å²) >= 11 is 0. The fourth-order valence-corrected chi connectivity index (χ4v) is 3.40. The van der Waals surface area contributed by atoms with Gasteiger partial charge in [-0.1, -0.05) is 0 Å². The van der Waals surface area contributed by atoms with Gasteiger partial charge in [0.1, 0.15) is 5.54 Å². The van der Waals surface area contributed by atoms with E-state index in [1.165, 1.54) is 26.4 Å². The molecule has 1 N–H and O–H groups in total. The predicted octanol–water partition coefficient (Wildman–Crippen LogP) is 1.09. The van der Waals surface area contributed by atoms with Crippen LogP contribution in [0.25, 0.3) is 0 Å². The van der Waals surface area contributed by atoms with Crippen LogP contribution in [-0.4, -0.2) is 74.7 Å². The third-order valence-electron chi connectivity index (χ3n) is 4.86. The molecule has 5 heteroatoms. The van der Waals surface area contributed by atoms with E-state index in [1.54, 1.807) is 0 Å². The van der Waals surface area contributed by atoms with Crippen molar-refractivity contribution in [2.75, 3.05) is 41.3 Å². The minimum atomic E-state index is -0.434. The molecule has 21 heavy (non-hydrogen) atoms. The third-order valence-corrected chi connectivity index (χ3v) is 4.86. The van der Waals surface area contributed by atoms with Crippen molar-refractivity contribution in [1.82, 2.24) is 15.1 Å². The van der Waals surface area contributed by atoms with Crippen molar-refractivity contribution in [3.05, 3.63) is 0 Å². The minimum absolute atomic E-state index is 0.0707. The van der Waals surface area contributed by atoms with Crippen LogP contribution >= 0.6 is 0 Å². The van der Waals surface area contributed by atoms with Gasteiger partial charge in [-0.25, -0.2) is 0 Å². The lowest BCUT2D eigenvalue weighted by atomic mass is 9.97. The predicted molar refractivity (Wildman–Crippen MR) is 84.3 cm³/mol. The highest BCUT2D eigenvalue weighted by Gasteiger charge is 2.49. The van der Waals surface area contributed by atoms with E-state index in [-0.39, 0.29) is 5.97 Å². The second-order valence-electron chi connectivity index (χ2n) is 7.03. The fourth-order valence-electron chi connectivity index (χ4n) is 3.40. The molecule has 0 bridgehead atoms. The average Bonchev–Trinajstić information content (AvgIpc) is 3.14. The van der Waals surface area contributed by atoms with Crippen molar-refractivity contribution in [3.63, 3.8) is 0 Å². The van der Waals surface area contributed by atoms with Crippen LogP contribution in [0.4, 0.5) is 0 Å². The van der Waals surface area contributed by atoms with E-state index in [9.17, 15) is 4.79 Å². The molecule has 2 rings (SSSR count). The van der Waals surface area contributed by atoms with Gasteiger partial charge in [0, 0.05) is 12.1 Å². The van der Waals surface area contributed by atoms with Crippen LogP contribution in [-0.2, 0) is 9.53 Å². The maximum absolute atomic E-state index is 12.3. The lowest BCUT2D eigenvalue weighted by Gasteiger charge is -2.30. The molecule has 2 aliphatic carbocycles. The topological polar surface area (TPSA) is 44.8 Å². The Labute approximate surface area is 129 Å². The summed E-state index contributed by atoms with van der Waals surface area (Å²) < 4.78 is 5.08. The molecule has 0 saturated heterocycles. The Bertz CT molecular complexity index is 357. The number of carbonyl (C=O) groups is 1. The Kier molecular flexibility index (Phi) is 5.63. The van der Waals surface area contributed by atoms with E-state index >= 15 is 0 Å². The Morgan fingerprint density at radius 1 is 1.24 bits per heavy atom. The molecule has 2 saturated carbocycles. The van der Waals surface area contributed by atoms with Crippen LogP contribution in [0.1, 0.15) is 38.5 Å².